The molecule has 0 spiro atoms. The van der Waals surface area contributed by atoms with Crippen molar-refractivity contribution >= 4 is 5.97 Å². The SMILES string of the molecule is CC(C)CCCOC(=O)CCOC1CCNCC1. The maximum absolute atomic E-state index is 11.4. The Hall–Kier alpha value is -0.610. The molecule has 0 aromatic carbocycles. The van der Waals surface area contributed by atoms with Gasteiger partial charge in [-0.05, 0) is 44.7 Å². The smallest absolute Gasteiger partial charge is 0.308 e. The van der Waals surface area contributed by atoms with Crippen molar-refractivity contribution in [1.82, 2.24) is 5.32 Å². The van der Waals surface area contributed by atoms with Gasteiger partial charge in [-0.25, -0.2) is 0 Å². The molecule has 1 saturated heterocycles. The number of rotatable bonds is 8. The highest BCUT2D eigenvalue weighted by atomic mass is 16.5. The van der Waals surface area contributed by atoms with Crippen molar-refractivity contribution in [2.75, 3.05) is 26.3 Å². The fourth-order valence-electron chi connectivity index (χ4n) is 2.02. The third-order valence-corrected chi connectivity index (χ3v) is 3.13. The van der Waals surface area contributed by atoms with E-state index < -0.39 is 0 Å². The average molecular weight is 257 g/mol. The first-order chi connectivity index (χ1) is 8.68. The summed E-state index contributed by atoms with van der Waals surface area (Å²) in [5, 5.41) is 3.29. The predicted octanol–water partition coefficient (Wildman–Crippen LogP) is 2.12. The summed E-state index contributed by atoms with van der Waals surface area (Å²) in [6.07, 6.45) is 4.86. The molecule has 4 nitrogen and oxygen atoms in total. The monoisotopic (exact) mass is 257 g/mol. The molecule has 0 saturated carbocycles. The van der Waals surface area contributed by atoms with Gasteiger partial charge in [0.1, 0.15) is 0 Å². The highest BCUT2D eigenvalue weighted by Gasteiger charge is 2.13. The summed E-state index contributed by atoms with van der Waals surface area (Å²) in [5.74, 6) is 0.541. The molecule has 0 bridgehead atoms. The number of piperidine rings is 1. The Kier molecular flexibility index (Phi) is 8.01. The lowest BCUT2D eigenvalue weighted by molar-refractivity contribution is -0.145. The van der Waals surface area contributed by atoms with E-state index in [4.69, 9.17) is 9.47 Å². The Morgan fingerprint density at radius 3 is 2.67 bits per heavy atom. The van der Waals surface area contributed by atoms with Crippen LogP contribution >= 0.6 is 0 Å². The van der Waals surface area contributed by atoms with E-state index >= 15 is 0 Å². The van der Waals surface area contributed by atoms with Gasteiger partial charge < -0.3 is 14.8 Å². The van der Waals surface area contributed by atoms with E-state index in [-0.39, 0.29) is 5.97 Å². The van der Waals surface area contributed by atoms with Gasteiger partial charge in [0.25, 0.3) is 0 Å². The number of nitrogens with one attached hydrogen (secondary N) is 1. The van der Waals surface area contributed by atoms with Crippen LogP contribution in [0.2, 0.25) is 0 Å². The number of carbonyl (C=O) groups excluding carboxylic acids is 1. The molecule has 1 rings (SSSR count). The molecule has 1 aliphatic heterocycles. The van der Waals surface area contributed by atoms with E-state index in [0.717, 1.165) is 38.8 Å². The lowest BCUT2D eigenvalue weighted by Crippen LogP contribution is -2.32. The molecule has 0 unspecified atom stereocenters. The molecule has 1 N–H and O–H groups in total. The van der Waals surface area contributed by atoms with E-state index in [1.807, 2.05) is 0 Å². The van der Waals surface area contributed by atoms with Crippen molar-refractivity contribution in [2.24, 2.45) is 5.92 Å². The highest BCUT2D eigenvalue weighted by Crippen LogP contribution is 2.08. The fourth-order valence-corrected chi connectivity index (χ4v) is 2.02. The lowest BCUT2D eigenvalue weighted by Gasteiger charge is -2.22. The lowest BCUT2D eigenvalue weighted by atomic mass is 10.1. The van der Waals surface area contributed by atoms with Gasteiger partial charge in [0.2, 0.25) is 0 Å². The molecule has 1 heterocycles. The maximum atomic E-state index is 11.4. The van der Waals surface area contributed by atoms with Gasteiger partial charge in [-0.3, -0.25) is 4.79 Å². The molecule has 0 aromatic rings. The molecule has 0 amide bonds. The van der Waals surface area contributed by atoms with Crippen LogP contribution in [0.1, 0.15) is 46.0 Å². The van der Waals surface area contributed by atoms with E-state index in [1.54, 1.807) is 0 Å². The second-order valence-corrected chi connectivity index (χ2v) is 5.33. The zero-order chi connectivity index (χ0) is 13.2. The minimum absolute atomic E-state index is 0.132. The van der Waals surface area contributed by atoms with Crippen molar-refractivity contribution in [3.8, 4) is 0 Å². The molecule has 106 valence electrons. The third kappa shape index (κ3) is 7.67. The zero-order valence-electron chi connectivity index (χ0n) is 11.7. The molecular formula is C14H27NO3. The summed E-state index contributed by atoms with van der Waals surface area (Å²) in [4.78, 5) is 11.4. The largest absolute Gasteiger partial charge is 0.466 e. The standard InChI is InChI=1S/C14H27NO3/c1-12(2)4-3-10-18-14(16)7-11-17-13-5-8-15-9-6-13/h12-13,15H,3-11H2,1-2H3. The van der Waals surface area contributed by atoms with Gasteiger partial charge in [-0.15, -0.1) is 0 Å². The minimum Gasteiger partial charge on any atom is -0.466 e. The molecule has 0 aromatic heterocycles. The van der Waals surface area contributed by atoms with Gasteiger partial charge in [-0.1, -0.05) is 13.8 Å². The zero-order valence-corrected chi connectivity index (χ0v) is 11.7. The third-order valence-electron chi connectivity index (χ3n) is 3.13. The van der Waals surface area contributed by atoms with Crippen LogP contribution in [0, 0.1) is 5.92 Å². The van der Waals surface area contributed by atoms with Crippen molar-refractivity contribution in [3.63, 3.8) is 0 Å². The van der Waals surface area contributed by atoms with Gasteiger partial charge in [0.15, 0.2) is 0 Å². The molecule has 0 radical (unpaired) electrons. The van der Waals surface area contributed by atoms with Crippen LogP contribution in [0.15, 0.2) is 0 Å². The molecule has 18 heavy (non-hydrogen) atoms. The van der Waals surface area contributed by atoms with Crippen molar-refractivity contribution in [3.05, 3.63) is 0 Å². The Labute approximate surface area is 110 Å². The average Bonchev–Trinajstić information content (AvgIpc) is 2.36. The van der Waals surface area contributed by atoms with E-state index in [1.165, 1.54) is 0 Å². The fraction of sp³-hybridized carbons (Fsp3) is 0.929. The Morgan fingerprint density at radius 1 is 1.28 bits per heavy atom. The van der Waals surface area contributed by atoms with Crippen LogP contribution in [0.25, 0.3) is 0 Å². The molecule has 0 atom stereocenters. The first-order valence-corrected chi connectivity index (χ1v) is 7.16. The topological polar surface area (TPSA) is 47.6 Å². The number of esters is 1. The van der Waals surface area contributed by atoms with Crippen molar-refractivity contribution in [2.45, 2.75) is 52.1 Å². The first kappa shape index (κ1) is 15.4. The summed E-state index contributed by atoms with van der Waals surface area (Å²) in [6.45, 7) is 7.43. The molecular weight excluding hydrogens is 230 g/mol. The number of hydrogen-bond acceptors (Lipinski definition) is 4. The second-order valence-electron chi connectivity index (χ2n) is 5.33. The number of carbonyl (C=O) groups is 1. The summed E-state index contributed by atoms with van der Waals surface area (Å²) in [6, 6.07) is 0. The van der Waals surface area contributed by atoms with Crippen LogP contribution < -0.4 is 5.32 Å². The van der Waals surface area contributed by atoms with Gasteiger partial charge >= 0.3 is 5.97 Å². The highest BCUT2D eigenvalue weighted by molar-refractivity contribution is 5.69. The van der Waals surface area contributed by atoms with Gasteiger partial charge in [-0.2, -0.15) is 0 Å². The van der Waals surface area contributed by atoms with Gasteiger partial charge in [0, 0.05) is 0 Å². The predicted molar refractivity (Wildman–Crippen MR) is 71.5 cm³/mol. The molecule has 0 aliphatic carbocycles. The maximum Gasteiger partial charge on any atom is 0.308 e. The van der Waals surface area contributed by atoms with Crippen LogP contribution in [0.4, 0.5) is 0 Å². The Morgan fingerprint density at radius 2 is 2.00 bits per heavy atom. The molecule has 4 heteroatoms. The van der Waals surface area contributed by atoms with E-state index in [2.05, 4.69) is 19.2 Å². The molecule has 1 fully saturated rings. The van der Waals surface area contributed by atoms with Crippen molar-refractivity contribution in [1.29, 1.82) is 0 Å². The summed E-state index contributed by atoms with van der Waals surface area (Å²) in [5.41, 5.74) is 0. The van der Waals surface area contributed by atoms with Gasteiger partial charge in [0.05, 0.1) is 25.7 Å². The Balaban J connectivity index is 1.92. The summed E-state index contributed by atoms with van der Waals surface area (Å²) in [7, 11) is 0. The van der Waals surface area contributed by atoms with Crippen LogP contribution in [0.3, 0.4) is 0 Å². The normalized spacial score (nSPS) is 17.1. The van der Waals surface area contributed by atoms with Crippen molar-refractivity contribution < 1.29 is 14.3 Å². The number of hydrogen-bond donors (Lipinski definition) is 1. The van der Waals surface area contributed by atoms with Crippen LogP contribution in [-0.2, 0) is 14.3 Å². The van der Waals surface area contributed by atoms with E-state index in [0.29, 0.717) is 31.7 Å². The van der Waals surface area contributed by atoms with E-state index in [9.17, 15) is 4.79 Å². The minimum atomic E-state index is -0.132. The summed E-state index contributed by atoms with van der Waals surface area (Å²) >= 11 is 0. The number of ether oxygens (including phenoxy) is 2. The van der Waals surface area contributed by atoms with Crippen LogP contribution in [-0.4, -0.2) is 38.4 Å². The summed E-state index contributed by atoms with van der Waals surface area (Å²) < 4.78 is 10.8. The second kappa shape index (κ2) is 9.34. The quantitative estimate of drug-likeness (QED) is 0.534. The van der Waals surface area contributed by atoms with Crippen LogP contribution in [0.5, 0.6) is 0 Å². The molecule has 1 aliphatic rings. The first-order valence-electron chi connectivity index (χ1n) is 7.16. The Bertz CT molecular complexity index is 225.